The number of nitrogens with zero attached hydrogens (tertiary/aromatic N) is 1. The van der Waals surface area contributed by atoms with Crippen molar-refractivity contribution in [1.82, 2.24) is 0 Å². The summed E-state index contributed by atoms with van der Waals surface area (Å²) in [4.78, 5) is 2.14. The number of benzene rings is 1. The van der Waals surface area contributed by atoms with Crippen molar-refractivity contribution in [3.8, 4) is 0 Å². The first-order chi connectivity index (χ1) is 7.45. The van der Waals surface area contributed by atoms with Crippen LogP contribution in [0.3, 0.4) is 0 Å². The maximum absolute atomic E-state index is 11.0. The summed E-state index contributed by atoms with van der Waals surface area (Å²) in [5, 5.41) is 5.01. The van der Waals surface area contributed by atoms with E-state index in [4.69, 9.17) is 10.9 Å². The molecule has 16 heavy (non-hydrogen) atoms. The van der Waals surface area contributed by atoms with Gasteiger partial charge in [0.25, 0.3) is 0 Å². The number of anilines is 1. The van der Waals surface area contributed by atoms with Crippen molar-refractivity contribution in [1.29, 1.82) is 0 Å². The van der Waals surface area contributed by atoms with Crippen molar-refractivity contribution in [3.63, 3.8) is 0 Å². The molecule has 5 nitrogen and oxygen atoms in total. The lowest BCUT2D eigenvalue weighted by atomic mass is 10.3. The highest BCUT2D eigenvalue weighted by Gasteiger charge is 2.07. The Balaban J connectivity index is 2.79. The third-order valence-electron chi connectivity index (χ3n) is 2.30. The van der Waals surface area contributed by atoms with E-state index in [1.165, 1.54) is 12.1 Å². The van der Waals surface area contributed by atoms with Crippen molar-refractivity contribution in [2.75, 3.05) is 25.0 Å². The molecule has 0 saturated carbocycles. The Morgan fingerprint density at radius 3 is 2.25 bits per heavy atom. The molecular formula is C10H17N3O2S. The molecule has 0 aliphatic heterocycles. The quantitative estimate of drug-likeness (QED) is 0.768. The topological polar surface area (TPSA) is 89.4 Å². The first-order valence-electron chi connectivity index (χ1n) is 4.99. The van der Waals surface area contributed by atoms with Gasteiger partial charge < -0.3 is 10.6 Å². The molecule has 0 aromatic heterocycles. The van der Waals surface area contributed by atoms with Gasteiger partial charge in [-0.1, -0.05) is 0 Å². The normalized spacial score (nSPS) is 11.4. The summed E-state index contributed by atoms with van der Waals surface area (Å²) in [6.07, 6.45) is 0.896. The molecule has 0 aliphatic carbocycles. The molecule has 0 spiro atoms. The van der Waals surface area contributed by atoms with Crippen LogP contribution in [0, 0.1) is 0 Å². The fourth-order valence-corrected chi connectivity index (χ4v) is 1.86. The maximum Gasteiger partial charge on any atom is 0.238 e. The predicted molar refractivity (Wildman–Crippen MR) is 64.8 cm³/mol. The second-order valence-corrected chi connectivity index (χ2v) is 5.16. The average Bonchev–Trinajstić information content (AvgIpc) is 2.25. The number of hydrogen-bond acceptors (Lipinski definition) is 4. The van der Waals surface area contributed by atoms with E-state index in [1.54, 1.807) is 12.1 Å². The van der Waals surface area contributed by atoms with Crippen LogP contribution in [0.2, 0.25) is 0 Å². The highest BCUT2D eigenvalue weighted by Crippen LogP contribution is 2.15. The van der Waals surface area contributed by atoms with Crippen molar-refractivity contribution in [2.45, 2.75) is 11.3 Å². The highest BCUT2D eigenvalue weighted by atomic mass is 32.2. The van der Waals surface area contributed by atoms with E-state index in [1.807, 2.05) is 11.9 Å². The van der Waals surface area contributed by atoms with Crippen LogP contribution in [-0.4, -0.2) is 28.6 Å². The molecule has 0 saturated heterocycles. The van der Waals surface area contributed by atoms with Crippen LogP contribution in [0.5, 0.6) is 0 Å². The molecule has 0 bridgehead atoms. The van der Waals surface area contributed by atoms with E-state index in [9.17, 15) is 8.42 Å². The maximum atomic E-state index is 11.0. The Kier molecular flexibility index (Phi) is 4.28. The molecule has 0 aliphatic rings. The van der Waals surface area contributed by atoms with Crippen molar-refractivity contribution in [2.24, 2.45) is 10.9 Å². The summed E-state index contributed by atoms with van der Waals surface area (Å²) in [6, 6.07) is 6.47. The highest BCUT2D eigenvalue weighted by molar-refractivity contribution is 7.89. The molecule has 0 fully saturated rings. The standard InChI is InChI=1S/C10H17N3O2S/c1-13(8-2-7-11)9-3-5-10(6-4-9)16(12,14)15/h3-6H,2,7-8,11H2,1H3,(H2,12,14,15). The van der Waals surface area contributed by atoms with Crippen LogP contribution in [0.25, 0.3) is 0 Å². The minimum atomic E-state index is -3.60. The van der Waals surface area contributed by atoms with Gasteiger partial charge in [0.1, 0.15) is 0 Å². The molecule has 0 heterocycles. The lowest BCUT2D eigenvalue weighted by Gasteiger charge is -2.18. The number of sulfonamides is 1. The van der Waals surface area contributed by atoms with Crippen LogP contribution in [0.4, 0.5) is 5.69 Å². The molecule has 0 unspecified atom stereocenters. The fraction of sp³-hybridized carbons (Fsp3) is 0.400. The zero-order valence-electron chi connectivity index (χ0n) is 9.26. The molecule has 4 N–H and O–H groups in total. The van der Waals surface area contributed by atoms with Gasteiger partial charge in [-0.15, -0.1) is 0 Å². The van der Waals surface area contributed by atoms with E-state index in [2.05, 4.69) is 0 Å². The van der Waals surface area contributed by atoms with E-state index in [0.717, 1.165) is 18.7 Å². The van der Waals surface area contributed by atoms with Crippen LogP contribution in [0.15, 0.2) is 29.2 Å². The third kappa shape index (κ3) is 3.48. The summed E-state index contributed by atoms with van der Waals surface area (Å²) in [5.41, 5.74) is 6.36. The summed E-state index contributed by atoms with van der Waals surface area (Å²) < 4.78 is 22.1. The molecule has 6 heteroatoms. The molecule has 1 aromatic rings. The van der Waals surface area contributed by atoms with E-state index in [0.29, 0.717) is 6.54 Å². The van der Waals surface area contributed by atoms with Crippen molar-refractivity contribution < 1.29 is 8.42 Å². The molecule has 1 rings (SSSR count). The zero-order chi connectivity index (χ0) is 12.2. The third-order valence-corrected chi connectivity index (χ3v) is 3.23. The minimum Gasteiger partial charge on any atom is -0.375 e. The number of hydrogen-bond donors (Lipinski definition) is 2. The van der Waals surface area contributed by atoms with E-state index in [-0.39, 0.29) is 4.90 Å². The summed E-state index contributed by atoms with van der Waals surface area (Å²) in [6.45, 7) is 1.48. The summed E-state index contributed by atoms with van der Waals surface area (Å²) in [5.74, 6) is 0. The Hall–Kier alpha value is -1.11. The molecule has 0 atom stereocenters. The SMILES string of the molecule is CN(CCCN)c1ccc(S(N)(=O)=O)cc1. The Labute approximate surface area is 96.1 Å². The minimum absolute atomic E-state index is 0.128. The Morgan fingerprint density at radius 2 is 1.81 bits per heavy atom. The zero-order valence-corrected chi connectivity index (χ0v) is 10.1. The molecule has 0 amide bonds. The predicted octanol–water partition coefficient (Wildman–Crippen LogP) is 0.119. The van der Waals surface area contributed by atoms with Gasteiger partial charge in [0.05, 0.1) is 4.90 Å². The van der Waals surface area contributed by atoms with Gasteiger partial charge in [-0.2, -0.15) is 0 Å². The smallest absolute Gasteiger partial charge is 0.238 e. The largest absolute Gasteiger partial charge is 0.375 e. The first kappa shape index (κ1) is 13.0. The van der Waals surface area contributed by atoms with Gasteiger partial charge in [0.15, 0.2) is 0 Å². The molecule has 0 radical (unpaired) electrons. The van der Waals surface area contributed by atoms with Gasteiger partial charge in [-0.25, -0.2) is 13.6 Å². The lowest BCUT2D eigenvalue weighted by Crippen LogP contribution is -2.21. The van der Waals surface area contributed by atoms with E-state index < -0.39 is 10.0 Å². The number of primary sulfonamides is 1. The van der Waals surface area contributed by atoms with Crippen LogP contribution >= 0.6 is 0 Å². The van der Waals surface area contributed by atoms with Crippen LogP contribution < -0.4 is 15.8 Å². The van der Waals surface area contributed by atoms with Crippen LogP contribution in [0.1, 0.15) is 6.42 Å². The van der Waals surface area contributed by atoms with Gasteiger partial charge in [-0.3, -0.25) is 0 Å². The number of rotatable bonds is 5. The lowest BCUT2D eigenvalue weighted by molar-refractivity contribution is 0.598. The number of nitrogens with two attached hydrogens (primary N) is 2. The Bertz CT molecular complexity index is 428. The van der Waals surface area contributed by atoms with Crippen LogP contribution in [-0.2, 0) is 10.0 Å². The monoisotopic (exact) mass is 243 g/mol. The van der Waals surface area contributed by atoms with E-state index >= 15 is 0 Å². The summed E-state index contributed by atoms with van der Waals surface area (Å²) in [7, 11) is -1.67. The second-order valence-electron chi connectivity index (χ2n) is 3.60. The second kappa shape index (κ2) is 5.29. The average molecular weight is 243 g/mol. The van der Waals surface area contributed by atoms with Gasteiger partial charge >= 0.3 is 0 Å². The van der Waals surface area contributed by atoms with Gasteiger partial charge in [0, 0.05) is 19.3 Å². The Morgan fingerprint density at radius 1 is 1.25 bits per heavy atom. The fourth-order valence-electron chi connectivity index (χ4n) is 1.35. The van der Waals surface area contributed by atoms with Gasteiger partial charge in [0.2, 0.25) is 10.0 Å². The van der Waals surface area contributed by atoms with Crippen molar-refractivity contribution in [3.05, 3.63) is 24.3 Å². The van der Waals surface area contributed by atoms with Gasteiger partial charge in [-0.05, 0) is 37.2 Å². The summed E-state index contributed by atoms with van der Waals surface area (Å²) >= 11 is 0. The van der Waals surface area contributed by atoms with Crippen molar-refractivity contribution >= 4 is 15.7 Å². The first-order valence-corrected chi connectivity index (χ1v) is 6.54. The molecule has 90 valence electrons. The molecular weight excluding hydrogens is 226 g/mol. The molecule has 1 aromatic carbocycles.